The molecule has 0 saturated heterocycles. The molecule has 5 nitrogen and oxygen atoms in total. The van der Waals surface area contributed by atoms with Gasteiger partial charge in [-0.2, -0.15) is 0 Å². The fourth-order valence-corrected chi connectivity index (χ4v) is 4.27. The third-order valence-electron chi connectivity index (χ3n) is 1.98. The van der Waals surface area contributed by atoms with Crippen molar-refractivity contribution in [1.29, 1.82) is 0 Å². The zero-order valence-corrected chi connectivity index (χ0v) is 11.6. The van der Waals surface area contributed by atoms with Gasteiger partial charge in [0.2, 0.25) is 0 Å². The van der Waals surface area contributed by atoms with Crippen molar-refractivity contribution >= 4 is 7.51 Å². The summed E-state index contributed by atoms with van der Waals surface area (Å²) in [4.78, 5) is 8.75. The van der Waals surface area contributed by atoms with E-state index in [0.717, 1.165) is 0 Å². The van der Waals surface area contributed by atoms with Crippen molar-refractivity contribution in [2.75, 3.05) is 48.9 Å². The Hall–Kier alpha value is -0.0700. The molecule has 8 heteroatoms. The number of rotatable bonds is 6. The average molecular weight is 258 g/mol. The van der Waals surface area contributed by atoms with E-state index in [4.69, 9.17) is 4.84 Å². The lowest BCUT2D eigenvalue weighted by Crippen LogP contribution is -2.31. The van der Waals surface area contributed by atoms with E-state index in [0.29, 0.717) is 0 Å². The molecule has 0 bridgehead atoms. The van der Waals surface area contributed by atoms with Gasteiger partial charge in [-0.1, -0.05) is 0 Å². The molecule has 0 N–H and O–H groups in total. The molecule has 0 aromatic rings. The summed E-state index contributed by atoms with van der Waals surface area (Å²) in [6.07, 6.45) is -2.50. The van der Waals surface area contributed by atoms with Crippen LogP contribution in [0.4, 0.5) is 8.78 Å². The number of alkyl halides is 2. The standard InChI is InChI=1S/C8H21F2N4OP/c1-12(2)16(13(3)4,14(5)6)11-15-7-8(9)10/h8H,7H2,1-6H3. The van der Waals surface area contributed by atoms with Crippen molar-refractivity contribution in [1.82, 2.24) is 14.0 Å². The summed E-state index contributed by atoms with van der Waals surface area (Å²) >= 11 is 0. The molecule has 0 atom stereocenters. The predicted octanol–water partition coefficient (Wildman–Crippen LogP) is 1.81. The van der Waals surface area contributed by atoms with Gasteiger partial charge in [-0.05, 0) is 42.3 Å². The highest BCUT2D eigenvalue weighted by molar-refractivity contribution is 7.58. The lowest BCUT2D eigenvalue weighted by atomic mass is 10.8. The second kappa shape index (κ2) is 6.61. The highest BCUT2D eigenvalue weighted by Crippen LogP contribution is 2.54. The van der Waals surface area contributed by atoms with Gasteiger partial charge in [0.05, 0.1) is 0 Å². The Kier molecular flexibility index (Phi) is 6.58. The third kappa shape index (κ3) is 3.75. The molecule has 0 rings (SSSR count). The van der Waals surface area contributed by atoms with Crippen LogP contribution in [0.15, 0.2) is 4.91 Å². The summed E-state index contributed by atoms with van der Waals surface area (Å²) in [6.45, 7) is -0.669. The highest BCUT2D eigenvalue weighted by atomic mass is 31.2. The molecule has 0 spiro atoms. The van der Waals surface area contributed by atoms with Crippen LogP contribution in [0.3, 0.4) is 0 Å². The summed E-state index contributed by atoms with van der Waals surface area (Å²) in [5.74, 6) is 0. The Morgan fingerprint density at radius 2 is 1.38 bits per heavy atom. The Bertz CT molecular complexity index is 230. The number of hydrogen-bond donors (Lipinski definition) is 0. The molecule has 0 aliphatic heterocycles. The van der Waals surface area contributed by atoms with E-state index in [-0.39, 0.29) is 0 Å². The van der Waals surface area contributed by atoms with Crippen molar-refractivity contribution in [3.8, 4) is 0 Å². The van der Waals surface area contributed by atoms with Gasteiger partial charge < -0.3 is 0 Å². The van der Waals surface area contributed by atoms with Gasteiger partial charge >= 0.3 is 0 Å². The van der Waals surface area contributed by atoms with Crippen LogP contribution in [0.25, 0.3) is 0 Å². The topological polar surface area (TPSA) is 31.3 Å². The predicted molar refractivity (Wildman–Crippen MR) is 62.4 cm³/mol. The summed E-state index contributed by atoms with van der Waals surface area (Å²) in [6, 6.07) is 0. The Morgan fingerprint density at radius 3 is 1.62 bits per heavy atom. The van der Waals surface area contributed by atoms with Crippen LogP contribution in [0.2, 0.25) is 0 Å². The van der Waals surface area contributed by atoms with E-state index in [1.165, 1.54) is 0 Å². The van der Waals surface area contributed by atoms with Crippen molar-refractivity contribution in [2.24, 2.45) is 4.91 Å². The van der Waals surface area contributed by atoms with Gasteiger partial charge in [-0.25, -0.2) is 13.6 Å². The first kappa shape index (κ1) is 15.9. The first-order valence-electron chi connectivity index (χ1n) is 4.80. The lowest BCUT2D eigenvalue weighted by molar-refractivity contribution is 0.0201. The van der Waals surface area contributed by atoms with E-state index >= 15 is 0 Å². The average Bonchev–Trinajstić information content (AvgIpc) is 2.09. The quantitative estimate of drug-likeness (QED) is 0.537. The van der Waals surface area contributed by atoms with E-state index in [9.17, 15) is 8.78 Å². The molecule has 16 heavy (non-hydrogen) atoms. The van der Waals surface area contributed by atoms with Crippen LogP contribution < -0.4 is 0 Å². The molecule has 0 unspecified atom stereocenters. The second-order valence-corrected chi connectivity index (χ2v) is 7.48. The largest absolute Gasteiger partial charge is 0.264 e. The minimum atomic E-state index is -2.50. The Labute approximate surface area is 96.1 Å². The van der Waals surface area contributed by atoms with Crippen LogP contribution in [0.5, 0.6) is 0 Å². The SMILES string of the molecule is CN(C)P(=NOCC(F)F)(N(C)C)N(C)C. The first-order valence-corrected chi connectivity index (χ1v) is 6.40. The maximum absolute atomic E-state index is 12.0. The van der Waals surface area contributed by atoms with Gasteiger partial charge in [0.15, 0.2) is 7.51 Å². The van der Waals surface area contributed by atoms with Crippen molar-refractivity contribution in [2.45, 2.75) is 6.43 Å². The molecule has 0 radical (unpaired) electrons. The zero-order valence-electron chi connectivity index (χ0n) is 10.7. The minimum absolute atomic E-state index is 0.669. The molecule has 0 aliphatic carbocycles. The monoisotopic (exact) mass is 258 g/mol. The van der Waals surface area contributed by atoms with Gasteiger partial charge in [0.25, 0.3) is 6.43 Å². The van der Waals surface area contributed by atoms with Crippen molar-refractivity contribution < 1.29 is 13.6 Å². The Morgan fingerprint density at radius 1 is 1.00 bits per heavy atom. The molecule has 0 saturated carbocycles. The highest BCUT2D eigenvalue weighted by Gasteiger charge is 2.29. The van der Waals surface area contributed by atoms with Gasteiger partial charge in [-0.15, -0.1) is 4.91 Å². The van der Waals surface area contributed by atoms with Gasteiger partial charge in [0.1, 0.15) is 6.61 Å². The zero-order chi connectivity index (χ0) is 12.9. The van der Waals surface area contributed by atoms with E-state index in [2.05, 4.69) is 4.91 Å². The van der Waals surface area contributed by atoms with E-state index in [1.54, 1.807) is 0 Å². The molecular weight excluding hydrogens is 237 g/mol. The molecule has 0 aromatic carbocycles. The van der Waals surface area contributed by atoms with Crippen LogP contribution in [0, 0.1) is 0 Å². The summed E-state index contributed by atoms with van der Waals surface area (Å²) in [7, 11) is 8.90. The molecule has 0 heterocycles. The molecule has 0 amide bonds. The summed E-state index contributed by atoms with van der Waals surface area (Å²) < 4.78 is 29.7. The third-order valence-corrected chi connectivity index (χ3v) is 5.53. The van der Waals surface area contributed by atoms with Gasteiger partial charge in [0, 0.05) is 0 Å². The maximum atomic E-state index is 12.0. The lowest BCUT2D eigenvalue weighted by Gasteiger charge is -2.39. The second-order valence-electron chi connectivity index (χ2n) is 3.85. The molecule has 0 fully saturated rings. The molecule has 0 aromatic heterocycles. The van der Waals surface area contributed by atoms with E-state index in [1.807, 2.05) is 56.3 Å². The smallest absolute Gasteiger partial charge is 0.250 e. The van der Waals surface area contributed by atoms with Crippen LogP contribution in [-0.4, -0.2) is 69.3 Å². The van der Waals surface area contributed by atoms with Crippen molar-refractivity contribution in [3.05, 3.63) is 0 Å². The Balaban J connectivity index is 5.04. The normalized spacial score (nSPS) is 13.2. The molecule has 0 aliphatic rings. The molecule has 98 valence electrons. The van der Waals surface area contributed by atoms with Gasteiger partial charge in [-0.3, -0.25) is 14.0 Å². The molecular formula is C8H21F2N4OP. The van der Waals surface area contributed by atoms with Crippen LogP contribution in [0.1, 0.15) is 0 Å². The minimum Gasteiger partial charge on any atom is -0.250 e. The maximum Gasteiger partial charge on any atom is 0.264 e. The van der Waals surface area contributed by atoms with Crippen LogP contribution >= 0.6 is 7.51 Å². The van der Waals surface area contributed by atoms with Crippen molar-refractivity contribution in [3.63, 3.8) is 0 Å². The fourth-order valence-electron chi connectivity index (χ4n) is 1.46. The summed E-state index contributed by atoms with van der Waals surface area (Å²) in [5.41, 5.74) is 0. The summed E-state index contributed by atoms with van der Waals surface area (Å²) in [5, 5.41) is 0. The van der Waals surface area contributed by atoms with E-state index < -0.39 is 20.5 Å². The first-order chi connectivity index (χ1) is 7.25. The number of nitrogens with zero attached hydrogens (tertiary/aromatic N) is 4. The number of hydrogen-bond acceptors (Lipinski definition) is 2. The van der Waals surface area contributed by atoms with Crippen LogP contribution in [-0.2, 0) is 4.84 Å². The fraction of sp³-hybridized carbons (Fsp3) is 1.00. The number of halogens is 2.